The van der Waals surface area contributed by atoms with Gasteiger partial charge in [0.25, 0.3) is 10.0 Å². The lowest BCUT2D eigenvalue weighted by molar-refractivity contribution is -0.136. The number of sulfonamides is 1. The molecule has 24 heavy (non-hydrogen) atoms. The Morgan fingerprint density at radius 2 is 2.00 bits per heavy atom. The van der Waals surface area contributed by atoms with Crippen molar-refractivity contribution in [2.75, 3.05) is 4.72 Å². The Morgan fingerprint density at radius 3 is 2.62 bits per heavy atom. The normalized spacial score (nSPS) is 14.5. The Labute approximate surface area is 140 Å². The van der Waals surface area contributed by atoms with Gasteiger partial charge in [-0.2, -0.15) is 5.10 Å². The summed E-state index contributed by atoms with van der Waals surface area (Å²) in [6.45, 7) is 0.819. The maximum atomic E-state index is 12.4. The topological polar surface area (TPSA) is 101 Å². The summed E-state index contributed by atoms with van der Waals surface area (Å²) in [5, 5.41) is 12.8. The summed E-state index contributed by atoms with van der Waals surface area (Å²) in [6, 6.07) is 6.23. The van der Waals surface area contributed by atoms with E-state index in [1.165, 1.54) is 31.2 Å². The van der Waals surface area contributed by atoms with Crippen LogP contribution in [0, 0.1) is 5.92 Å². The quantitative estimate of drug-likeness (QED) is 0.760. The zero-order chi connectivity index (χ0) is 17.2. The van der Waals surface area contributed by atoms with Crippen LogP contribution in [0.4, 0.5) is 5.69 Å². The Morgan fingerprint density at radius 1 is 1.29 bits per heavy atom. The molecule has 0 spiro atoms. The van der Waals surface area contributed by atoms with Crippen molar-refractivity contribution in [1.29, 1.82) is 0 Å². The molecule has 0 unspecified atom stereocenters. The maximum Gasteiger partial charge on any atom is 0.303 e. The number of benzene rings is 1. The van der Waals surface area contributed by atoms with E-state index in [4.69, 9.17) is 5.11 Å². The maximum absolute atomic E-state index is 12.4. The third-order valence-corrected chi connectivity index (χ3v) is 5.29. The van der Waals surface area contributed by atoms with Crippen LogP contribution in [-0.4, -0.2) is 29.3 Å². The van der Waals surface area contributed by atoms with Gasteiger partial charge in [0.15, 0.2) is 0 Å². The zero-order valence-corrected chi connectivity index (χ0v) is 13.9. The second kappa shape index (κ2) is 6.64. The average Bonchev–Trinajstić information content (AvgIpc) is 3.24. The fourth-order valence-corrected chi connectivity index (χ4v) is 3.41. The number of carboxylic acids is 1. The van der Waals surface area contributed by atoms with Gasteiger partial charge in [-0.05, 0) is 42.9 Å². The first-order chi connectivity index (χ1) is 11.4. The Balaban J connectivity index is 1.65. The van der Waals surface area contributed by atoms with Crippen molar-refractivity contribution < 1.29 is 18.3 Å². The molecular weight excluding hydrogens is 330 g/mol. The molecule has 1 aromatic heterocycles. The number of aliphatic carboxylic acids is 1. The Kier molecular flexibility index (Phi) is 4.57. The molecule has 2 aromatic rings. The number of aromatic nitrogens is 2. The molecule has 1 heterocycles. The molecule has 1 saturated carbocycles. The van der Waals surface area contributed by atoms with Crippen molar-refractivity contribution >= 4 is 21.7 Å². The Bertz CT molecular complexity index is 823. The van der Waals surface area contributed by atoms with Gasteiger partial charge in [-0.3, -0.25) is 14.2 Å². The summed E-state index contributed by atoms with van der Waals surface area (Å²) >= 11 is 0. The largest absolute Gasteiger partial charge is 0.481 e. The van der Waals surface area contributed by atoms with Crippen LogP contribution in [0.2, 0.25) is 0 Å². The predicted octanol–water partition coefficient (Wildman–Crippen LogP) is 2.11. The second-order valence-electron chi connectivity index (χ2n) is 6.04. The van der Waals surface area contributed by atoms with E-state index in [1.807, 2.05) is 0 Å². The number of nitrogens with zero attached hydrogens (tertiary/aromatic N) is 2. The summed E-state index contributed by atoms with van der Waals surface area (Å²) in [5.74, 6) is -0.218. The molecule has 0 amide bonds. The van der Waals surface area contributed by atoms with Crippen LogP contribution >= 0.6 is 0 Å². The van der Waals surface area contributed by atoms with Crippen LogP contribution in [-0.2, 0) is 27.8 Å². The first kappa shape index (κ1) is 16.5. The van der Waals surface area contributed by atoms with Crippen molar-refractivity contribution in [3.8, 4) is 0 Å². The van der Waals surface area contributed by atoms with E-state index in [2.05, 4.69) is 9.82 Å². The minimum absolute atomic E-state index is 0.0184. The minimum atomic E-state index is -3.68. The number of hydrogen-bond acceptors (Lipinski definition) is 4. The minimum Gasteiger partial charge on any atom is -0.481 e. The first-order valence-electron chi connectivity index (χ1n) is 7.78. The highest BCUT2D eigenvalue weighted by Gasteiger charge is 2.22. The standard InChI is InChI=1S/C16H19N3O4S/c20-16(21)8-5-12-3-6-15(7-4-12)24(22,23)18-14-9-17-19(11-14)10-13-1-2-13/h3-4,6-7,9,11,13,18H,1-2,5,8,10H2,(H,20,21). The fraction of sp³-hybridized carbons (Fsp3) is 0.375. The lowest BCUT2D eigenvalue weighted by Gasteiger charge is -2.07. The average molecular weight is 349 g/mol. The molecule has 1 fully saturated rings. The van der Waals surface area contributed by atoms with Crippen molar-refractivity contribution in [2.24, 2.45) is 5.92 Å². The van der Waals surface area contributed by atoms with E-state index in [1.54, 1.807) is 23.0 Å². The van der Waals surface area contributed by atoms with E-state index in [0.717, 1.165) is 12.1 Å². The number of nitrogens with one attached hydrogen (secondary N) is 1. The van der Waals surface area contributed by atoms with Crippen molar-refractivity contribution in [1.82, 2.24) is 9.78 Å². The van der Waals surface area contributed by atoms with Gasteiger partial charge in [0.2, 0.25) is 0 Å². The van der Waals surface area contributed by atoms with Gasteiger partial charge in [-0.15, -0.1) is 0 Å². The SMILES string of the molecule is O=C(O)CCc1ccc(S(=O)(=O)Nc2cnn(CC3CC3)c2)cc1. The van der Waals surface area contributed by atoms with Crippen LogP contribution in [0.25, 0.3) is 0 Å². The third-order valence-electron chi connectivity index (χ3n) is 3.89. The molecule has 0 atom stereocenters. The molecule has 1 aromatic carbocycles. The summed E-state index contributed by atoms with van der Waals surface area (Å²) in [7, 11) is -3.68. The van der Waals surface area contributed by atoms with E-state index in [-0.39, 0.29) is 11.3 Å². The molecule has 2 N–H and O–H groups in total. The fourth-order valence-electron chi connectivity index (χ4n) is 2.38. The second-order valence-corrected chi connectivity index (χ2v) is 7.72. The highest BCUT2D eigenvalue weighted by atomic mass is 32.2. The number of aryl methyl sites for hydroxylation is 1. The highest BCUT2D eigenvalue weighted by Crippen LogP contribution is 2.30. The van der Waals surface area contributed by atoms with E-state index in [0.29, 0.717) is 18.0 Å². The lowest BCUT2D eigenvalue weighted by Crippen LogP contribution is -2.12. The van der Waals surface area contributed by atoms with Gasteiger partial charge < -0.3 is 5.11 Å². The molecule has 1 aliphatic rings. The molecule has 0 saturated heterocycles. The summed E-state index contributed by atoms with van der Waals surface area (Å²) in [5.41, 5.74) is 1.22. The Hall–Kier alpha value is -2.35. The van der Waals surface area contributed by atoms with Gasteiger partial charge in [-0.1, -0.05) is 12.1 Å². The predicted molar refractivity (Wildman–Crippen MR) is 88.2 cm³/mol. The molecule has 1 aliphatic carbocycles. The van der Waals surface area contributed by atoms with Gasteiger partial charge in [0.05, 0.1) is 16.8 Å². The van der Waals surface area contributed by atoms with Crippen LogP contribution in [0.15, 0.2) is 41.6 Å². The van der Waals surface area contributed by atoms with Gasteiger partial charge >= 0.3 is 5.97 Å². The van der Waals surface area contributed by atoms with Crippen molar-refractivity contribution in [3.63, 3.8) is 0 Å². The van der Waals surface area contributed by atoms with Crippen LogP contribution in [0.5, 0.6) is 0 Å². The number of anilines is 1. The lowest BCUT2D eigenvalue weighted by atomic mass is 10.1. The number of rotatable bonds is 8. The van der Waals surface area contributed by atoms with Crippen LogP contribution < -0.4 is 4.72 Å². The van der Waals surface area contributed by atoms with E-state index >= 15 is 0 Å². The van der Waals surface area contributed by atoms with Crippen LogP contribution in [0.3, 0.4) is 0 Å². The molecule has 7 nitrogen and oxygen atoms in total. The molecule has 3 rings (SSSR count). The van der Waals surface area contributed by atoms with Crippen molar-refractivity contribution in [3.05, 3.63) is 42.2 Å². The molecule has 128 valence electrons. The van der Waals surface area contributed by atoms with Gasteiger partial charge in [0, 0.05) is 19.2 Å². The van der Waals surface area contributed by atoms with Gasteiger partial charge in [0.1, 0.15) is 0 Å². The first-order valence-corrected chi connectivity index (χ1v) is 9.27. The molecule has 8 heteroatoms. The third kappa shape index (κ3) is 4.35. The van der Waals surface area contributed by atoms with E-state index < -0.39 is 16.0 Å². The highest BCUT2D eigenvalue weighted by molar-refractivity contribution is 7.92. The summed E-state index contributed by atoms with van der Waals surface area (Å²) in [4.78, 5) is 10.7. The molecule has 0 aliphatic heterocycles. The number of hydrogen-bond donors (Lipinski definition) is 2. The molecular formula is C16H19N3O4S. The number of carbonyl (C=O) groups is 1. The summed E-state index contributed by atoms with van der Waals surface area (Å²) < 4.78 is 29.0. The smallest absolute Gasteiger partial charge is 0.303 e. The summed E-state index contributed by atoms with van der Waals surface area (Å²) in [6.07, 6.45) is 5.99. The zero-order valence-electron chi connectivity index (χ0n) is 13.1. The van der Waals surface area contributed by atoms with E-state index in [9.17, 15) is 13.2 Å². The number of carboxylic acid groups (broad SMARTS) is 1. The molecule has 0 bridgehead atoms. The van der Waals surface area contributed by atoms with Crippen molar-refractivity contribution in [2.45, 2.75) is 37.1 Å². The monoisotopic (exact) mass is 349 g/mol. The van der Waals surface area contributed by atoms with Gasteiger partial charge in [-0.25, -0.2) is 8.42 Å². The van der Waals surface area contributed by atoms with Crippen LogP contribution in [0.1, 0.15) is 24.8 Å². The molecule has 0 radical (unpaired) electrons.